The highest BCUT2D eigenvalue weighted by Gasteiger charge is 2.40. The van der Waals surface area contributed by atoms with E-state index in [9.17, 15) is 14.7 Å². The van der Waals surface area contributed by atoms with Gasteiger partial charge in [-0.1, -0.05) is 0 Å². The number of methoxy groups -OCH3 is 1. The number of aryl methyl sites for hydroxylation is 1. The van der Waals surface area contributed by atoms with Crippen molar-refractivity contribution in [3.63, 3.8) is 0 Å². The van der Waals surface area contributed by atoms with Crippen LogP contribution in [0.25, 0.3) is 28.1 Å². The van der Waals surface area contributed by atoms with Gasteiger partial charge in [0.05, 0.1) is 34.8 Å². The molecule has 2 N–H and O–H groups in total. The molecule has 3 aliphatic heterocycles. The van der Waals surface area contributed by atoms with E-state index >= 15 is 0 Å². The molecule has 1 aromatic heterocycles. The number of aromatic nitrogens is 1. The molecule has 0 atom stereocenters. The minimum Gasteiger partial charge on any atom is -0.506 e. The minimum atomic E-state index is -0.727. The number of rotatable bonds is 4. The third kappa shape index (κ3) is 3.40. The Kier molecular flexibility index (Phi) is 5.40. The molecule has 2 fully saturated rings. The number of aliphatic hydroxyl groups is 1. The number of allylic oxidation sites excluding steroid dienone is 2. The van der Waals surface area contributed by atoms with E-state index in [0.29, 0.717) is 27.4 Å². The maximum Gasteiger partial charge on any atom is 0.238 e. The van der Waals surface area contributed by atoms with Crippen LogP contribution in [-0.4, -0.2) is 54.9 Å². The number of carbonyl (C=O) groups is 2. The first kappa shape index (κ1) is 23.8. The van der Waals surface area contributed by atoms with E-state index in [1.807, 2.05) is 31.3 Å². The molecular weight excluding hydrogens is 492 g/mol. The van der Waals surface area contributed by atoms with Crippen molar-refractivity contribution in [2.45, 2.75) is 32.6 Å². The zero-order valence-corrected chi connectivity index (χ0v) is 22.1. The lowest BCUT2D eigenvalue weighted by atomic mass is 9.99. The van der Waals surface area contributed by atoms with E-state index in [4.69, 9.17) is 4.74 Å². The number of Topliss-reactive ketones (excluding diaryl/α,β-unsaturated/α-hetero) is 2. The van der Waals surface area contributed by atoms with Crippen molar-refractivity contribution in [1.29, 1.82) is 0 Å². The predicted octanol–water partition coefficient (Wildman–Crippen LogP) is 3.56. The average Bonchev–Trinajstić information content (AvgIpc) is 3.76. The second-order valence-corrected chi connectivity index (χ2v) is 10.7. The highest BCUT2D eigenvalue weighted by atomic mass is 16.5. The number of nitrogens with zero attached hydrogens (tertiary/aromatic N) is 3. The smallest absolute Gasteiger partial charge is 0.238 e. The number of nitrogens with one attached hydrogen (secondary N) is 1. The molecule has 0 saturated carbocycles. The fourth-order valence-corrected chi connectivity index (χ4v) is 6.74. The van der Waals surface area contributed by atoms with Gasteiger partial charge in [0.1, 0.15) is 11.5 Å². The molecule has 3 aromatic rings. The fraction of sp³-hybridized carbons (Fsp3) is 0.323. The highest BCUT2D eigenvalue weighted by molar-refractivity contribution is 6.70. The van der Waals surface area contributed by atoms with Gasteiger partial charge in [-0.3, -0.25) is 14.6 Å². The molecule has 4 heterocycles. The van der Waals surface area contributed by atoms with Crippen LogP contribution < -0.4 is 25.1 Å². The van der Waals surface area contributed by atoms with Crippen LogP contribution in [-0.2, 0) is 9.59 Å². The van der Waals surface area contributed by atoms with Crippen molar-refractivity contribution in [3.05, 3.63) is 63.6 Å². The number of H-pyrrole nitrogens is 1. The molecule has 7 rings (SSSR count). The lowest BCUT2D eigenvalue weighted by molar-refractivity contribution is -0.129. The van der Waals surface area contributed by atoms with E-state index in [0.717, 1.165) is 79.8 Å². The maximum atomic E-state index is 13.6. The third-order valence-electron chi connectivity index (χ3n) is 8.46. The largest absolute Gasteiger partial charge is 0.506 e. The average molecular weight is 523 g/mol. The number of aliphatic hydroxyl groups excluding tert-OH is 1. The van der Waals surface area contributed by atoms with Gasteiger partial charge in [-0.25, -0.2) is 0 Å². The van der Waals surface area contributed by atoms with E-state index in [1.165, 1.54) is 0 Å². The summed E-state index contributed by atoms with van der Waals surface area (Å²) in [4.78, 5) is 39.6. The quantitative estimate of drug-likeness (QED) is 0.509. The summed E-state index contributed by atoms with van der Waals surface area (Å²) in [5.41, 5.74) is 5.16. The molecule has 0 unspecified atom stereocenters. The number of benzene rings is 2. The summed E-state index contributed by atoms with van der Waals surface area (Å²) in [6.07, 6.45) is 9.98. The standard InChI is InChI=1S/C31H30N4O4/c1-17-15-20(25-18(7-9-32-25)27(17)34-11-3-4-12-34)23-29(36)24(31(38)30(23)37)21-16-22(39-2)28(35-13-5-6-14-35)19-8-10-33-26(19)21/h7-10,15-16,33,36H,3-6,11-14H2,1-2H3. The summed E-state index contributed by atoms with van der Waals surface area (Å²) >= 11 is 0. The van der Waals surface area contributed by atoms with Crippen LogP contribution in [0.1, 0.15) is 42.4 Å². The van der Waals surface area contributed by atoms with Crippen LogP contribution in [0.3, 0.4) is 0 Å². The Labute approximate surface area is 225 Å². The van der Waals surface area contributed by atoms with Crippen LogP contribution in [0, 0.1) is 6.92 Å². The summed E-state index contributed by atoms with van der Waals surface area (Å²) in [6.45, 7) is 5.82. The van der Waals surface area contributed by atoms with Crippen molar-refractivity contribution < 1.29 is 19.4 Å². The van der Waals surface area contributed by atoms with Gasteiger partial charge in [-0.2, -0.15) is 0 Å². The van der Waals surface area contributed by atoms with Crippen molar-refractivity contribution >= 4 is 51.1 Å². The number of hydrogen-bond acceptors (Lipinski definition) is 7. The third-order valence-corrected chi connectivity index (χ3v) is 8.46. The molecule has 0 radical (unpaired) electrons. The SMILES string of the molecule is COc1cc(C2=C(O)C(=c3cc(C)c(N4CCCC4)c4c3=NC=C4)C(=O)C2=O)c2[nH]ccc2c1N1CCCC1. The fourth-order valence-electron chi connectivity index (χ4n) is 6.74. The Bertz CT molecular complexity index is 1770. The molecule has 1 aliphatic carbocycles. The number of aromatic amines is 1. The van der Waals surface area contributed by atoms with Crippen LogP contribution >= 0.6 is 0 Å². The van der Waals surface area contributed by atoms with Crippen molar-refractivity contribution in [2.75, 3.05) is 43.1 Å². The van der Waals surface area contributed by atoms with Crippen LogP contribution in [0.2, 0.25) is 0 Å². The van der Waals surface area contributed by atoms with Crippen LogP contribution in [0.4, 0.5) is 11.4 Å². The first-order chi connectivity index (χ1) is 19.0. The predicted molar refractivity (Wildman–Crippen MR) is 152 cm³/mol. The van der Waals surface area contributed by atoms with Gasteiger partial charge in [0.15, 0.2) is 0 Å². The van der Waals surface area contributed by atoms with Crippen molar-refractivity contribution in [1.82, 2.24) is 4.98 Å². The Morgan fingerprint density at radius 2 is 1.62 bits per heavy atom. The van der Waals surface area contributed by atoms with Crippen LogP contribution in [0.5, 0.6) is 5.75 Å². The van der Waals surface area contributed by atoms with Crippen LogP contribution in [0.15, 0.2) is 41.3 Å². The topological polar surface area (TPSA) is 98.2 Å². The number of carbonyl (C=O) groups excluding carboxylic acids is 2. The molecule has 8 nitrogen and oxygen atoms in total. The Morgan fingerprint density at radius 1 is 0.949 bits per heavy atom. The van der Waals surface area contributed by atoms with E-state index in [-0.39, 0.29) is 16.9 Å². The second kappa shape index (κ2) is 8.86. The molecular formula is C31H30N4O4. The molecule has 39 heavy (non-hydrogen) atoms. The van der Waals surface area contributed by atoms with Gasteiger partial charge in [0, 0.05) is 66.0 Å². The zero-order chi connectivity index (χ0) is 26.8. The molecule has 0 bridgehead atoms. The second-order valence-electron chi connectivity index (χ2n) is 10.7. The van der Waals surface area contributed by atoms with Crippen molar-refractivity contribution in [3.8, 4) is 5.75 Å². The molecule has 2 aromatic carbocycles. The molecule has 0 amide bonds. The van der Waals surface area contributed by atoms with E-state index in [2.05, 4.69) is 19.8 Å². The number of ether oxygens (including phenoxy) is 1. The summed E-state index contributed by atoms with van der Waals surface area (Å²) in [5.74, 6) is -1.15. The first-order valence-electron chi connectivity index (χ1n) is 13.6. The van der Waals surface area contributed by atoms with Gasteiger partial charge in [-0.15, -0.1) is 0 Å². The maximum absolute atomic E-state index is 13.6. The van der Waals surface area contributed by atoms with Gasteiger partial charge < -0.3 is 24.6 Å². The van der Waals surface area contributed by atoms with Gasteiger partial charge in [0.25, 0.3) is 0 Å². The summed E-state index contributed by atoms with van der Waals surface area (Å²) in [6, 6.07) is 5.62. The lowest BCUT2D eigenvalue weighted by Gasteiger charge is -2.23. The first-order valence-corrected chi connectivity index (χ1v) is 13.6. The molecule has 198 valence electrons. The number of ketones is 2. The Morgan fingerprint density at radius 3 is 2.31 bits per heavy atom. The van der Waals surface area contributed by atoms with E-state index in [1.54, 1.807) is 19.4 Å². The van der Waals surface area contributed by atoms with Gasteiger partial charge >= 0.3 is 0 Å². The number of fused-ring (bicyclic) bond motifs is 2. The molecule has 2 saturated heterocycles. The lowest BCUT2D eigenvalue weighted by Crippen LogP contribution is -2.34. The molecule has 0 spiro atoms. The Hall–Kier alpha value is -4.33. The number of anilines is 2. The van der Waals surface area contributed by atoms with Gasteiger partial charge in [-0.05, 0) is 62.4 Å². The number of hydrogen-bond donors (Lipinski definition) is 2. The highest BCUT2D eigenvalue weighted by Crippen LogP contribution is 2.44. The summed E-state index contributed by atoms with van der Waals surface area (Å²) in [5, 5.41) is 13.6. The molecule has 8 heteroatoms. The van der Waals surface area contributed by atoms with Crippen molar-refractivity contribution in [2.24, 2.45) is 4.99 Å². The van der Waals surface area contributed by atoms with Gasteiger partial charge in [0.2, 0.25) is 11.6 Å². The summed E-state index contributed by atoms with van der Waals surface area (Å²) < 4.78 is 5.79. The Balaban J connectivity index is 1.48. The monoisotopic (exact) mass is 522 g/mol. The summed E-state index contributed by atoms with van der Waals surface area (Å²) in [7, 11) is 1.60. The van der Waals surface area contributed by atoms with E-state index < -0.39 is 11.6 Å². The zero-order valence-electron chi connectivity index (χ0n) is 22.1. The normalized spacial score (nSPS) is 20.2. The minimum absolute atomic E-state index is 0.00491. The molecule has 4 aliphatic rings.